The Hall–Kier alpha value is -1.92. The molecule has 0 radical (unpaired) electrons. The largest absolute Gasteiger partial charge is 0.345 e. The van der Waals surface area contributed by atoms with Crippen molar-refractivity contribution in [2.75, 3.05) is 50.7 Å². The molecule has 118 valence electrons. The monoisotopic (exact) mass is 302 g/mol. The third kappa shape index (κ3) is 3.64. The van der Waals surface area contributed by atoms with E-state index in [-0.39, 0.29) is 24.9 Å². The maximum absolute atomic E-state index is 12.0. The van der Waals surface area contributed by atoms with Gasteiger partial charge in [-0.1, -0.05) is 12.1 Å². The van der Waals surface area contributed by atoms with Gasteiger partial charge in [0.15, 0.2) is 0 Å². The minimum Gasteiger partial charge on any atom is -0.345 e. The maximum Gasteiger partial charge on any atom is 0.246 e. The molecule has 0 aromatic heterocycles. The summed E-state index contributed by atoms with van der Waals surface area (Å²) in [6.07, 6.45) is 0.960. The molecule has 0 saturated carbocycles. The van der Waals surface area contributed by atoms with Gasteiger partial charge in [0.1, 0.15) is 6.54 Å². The number of hydrogen-bond acceptors (Lipinski definition) is 4. The zero-order valence-corrected chi connectivity index (χ0v) is 12.7. The van der Waals surface area contributed by atoms with E-state index in [4.69, 9.17) is 0 Å². The Morgan fingerprint density at radius 1 is 1.14 bits per heavy atom. The van der Waals surface area contributed by atoms with Crippen molar-refractivity contribution in [3.05, 3.63) is 29.8 Å². The molecular weight excluding hydrogens is 280 g/mol. The molecule has 1 aromatic rings. The molecule has 2 heterocycles. The summed E-state index contributed by atoms with van der Waals surface area (Å²) < 4.78 is 0. The molecule has 1 aromatic carbocycles. The van der Waals surface area contributed by atoms with Crippen molar-refractivity contribution in [2.24, 2.45) is 0 Å². The van der Waals surface area contributed by atoms with Crippen molar-refractivity contribution >= 4 is 17.5 Å². The molecule has 6 heteroatoms. The molecule has 2 aliphatic rings. The highest BCUT2D eigenvalue weighted by Crippen LogP contribution is 2.18. The van der Waals surface area contributed by atoms with Gasteiger partial charge < -0.3 is 20.4 Å². The second-order valence-electron chi connectivity index (χ2n) is 5.77. The van der Waals surface area contributed by atoms with Crippen LogP contribution in [0.1, 0.15) is 5.56 Å². The Morgan fingerprint density at radius 2 is 1.95 bits per heavy atom. The maximum atomic E-state index is 12.0. The number of anilines is 1. The molecule has 2 aliphatic heterocycles. The molecular formula is C16H22N4O2. The highest BCUT2D eigenvalue weighted by molar-refractivity contribution is 6.04. The van der Waals surface area contributed by atoms with Gasteiger partial charge in [0.05, 0.1) is 6.54 Å². The van der Waals surface area contributed by atoms with Gasteiger partial charge in [0.25, 0.3) is 0 Å². The van der Waals surface area contributed by atoms with Crippen molar-refractivity contribution in [1.29, 1.82) is 0 Å². The van der Waals surface area contributed by atoms with Crippen LogP contribution in [0.25, 0.3) is 0 Å². The van der Waals surface area contributed by atoms with E-state index in [0.717, 1.165) is 44.8 Å². The summed E-state index contributed by atoms with van der Waals surface area (Å²) in [5.41, 5.74) is 2.02. The fraction of sp³-hybridized carbons (Fsp3) is 0.500. The summed E-state index contributed by atoms with van der Waals surface area (Å²) in [5, 5.41) is 5.92. The van der Waals surface area contributed by atoms with Crippen LogP contribution >= 0.6 is 0 Å². The summed E-state index contributed by atoms with van der Waals surface area (Å²) in [6.45, 7) is 5.51. The first-order chi connectivity index (χ1) is 10.7. The predicted molar refractivity (Wildman–Crippen MR) is 84.8 cm³/mol. The Morgan fingerprint density at radius 3 is 2.77 bits per heavy atom. The SMILES string of the molecule is O=C1CN(c2cccc(CCN3CCNCC3)c2)C(=O)CN1. The highest BCUT2D eigenvalue weighted by Gasteiger charge is 2.24. The second-order valence-corrected chi connectivity index (χ2v) is 5.77. The average Bonchev–Trinajstić information content (AvgIpc) is 2.56. The van der Waals surface area contributed by atoms with Crippen LogP contribution in [0.15, 0.2) is 24.3 Å². The standard InChI is InChI=1S/C16H22N4O2/c21-15-12-20(16(22)11-18-15)14-3-1-2-13(10-14)4-7-19-8-5-17-6-9-19/h1-3,10,17H,4-9,11-12H2,(H,18,21). The van der Waals surface area contributed by atoms with Gasteiger partial charge >= 0.3 is 0 Å². The quantitative estimate of drug-likeness (QED) is 0.794. The molecule has 2 saturated heterocycles. The first kappa shape index (κ1) is 15.0. The van der Waals surface area contributed by atoms with Crippen molar-refractivity contribution < 1.29 is 9.59 Å². The minimum atomic E-state index is -0.106. The number of benzene rings is 1. The summed E-state index contributed by atoms with van der Waals surface area (Å²) in [7, 11) is 0. The van der Waals surface area contributed by atoms with E-state index < -0.39 is 0 Å². The minimum absolute atomic E-state index is 0.0566. The van der Waals surface area contributed by atoms with Gasteiger partial charge in [0, 0.05) is 38.4 Å². The molecule has 22 heavy (non-hydrogen) atoms. The summed E-state index contributed by atoms with van der Waals surface area (Å²) in [6, 6.07) is 7.96. The number of carbonyl (C=O) groups excluding carboxylic acids is 2. The molecule has 0 unspecified atom stereocenters. The van der Waals surface area contributed by atoms with E-state index in [1.54, 1.807) is 4.90 Å². The van der Waals surface area contributed by atoms with E-state index in [0.29, 0.717) is 0 Å². The first-order valence-electron chi connectivity index (χ1n) is 7.81. The normalized spacial score (nSPS) is 20.1. The number of carbonyl (C=O) groups is 2. The zero-order chi connectivity index (χ0) is 15.4. The van der Waals surface area contributed by atoms with Gasteiger partial charge in [-0.25, -0.2) is 0 Å². The number of nitrogens with one attached hydrogen (secondary N) is 2. The zero-order valence-electron chi connectivity index (χ0n) is 12.7. The van der Waals surface area contributed by atoms with Gasteiger partial charge in [-0.05, 0) is 24.1 Å². The predicted octanol–water partition coefficient (Wildman–Crippen LogP) is -0.403. The number of hydrogen-bond donors (Lipinski definition) is 2. The van der Waals surface area contributed by atoms with Crippen molar-refractivity contribution in [3.63, 3.8) is 0 Å². The molecule has 6 nitrogen and oxygen atoms in total. The van der Waals surface area contributed by atoms with Crippen molar-refractivity contribution in [3.8, 4) is 0 Å². The number of rotatable bonds is 4. The Labute approximate surface area is 130 Å². The van der Waals surface area contributed by atoms with Crippen LogP contribution in [0.2, 0.25) is 0 Å². The molecule has 0 atom stereocenters. The number of nitrogens with zero attached hydrogens (tertiary/aromatic N) is 2. The Kier molecular flexibility index (Phi) is 4.70. The van der Waals surface area contributed by atoms with Gasteiger partial charge in [0.2, 0.25) is 11.8 Å². The van der Waals surface area contributed by atoms with E-state index in [1.165, 1.54) is 5.56 Å². The van der Waals surface area contributed by atoms with Crippen LogP contribution < -0.4 is 15.5 Å². The number of amides is 2. The molecule has 3 rings (SSSR count). The van der Waals surface area contributed by atoms with Crippen LogP contribution in [-0.4, -0.2) is 62.5 Å². The fourth-order valence-corrected chi connectivity index (χ4v) is 2.89. The van der Waals surface area contributed by atoms with Crippen LogP contribution in [0, 0.1) is 0 Å². The molecule has 2 fully saturated rings. The highest BCUT2D eigenvalue weighted by atomic mass is 16.2. The van der Waals surface area contributed by atoms with E-state index in [9.17, 15) is 9.59 Å². The van der Waals surface area contributed by atoms with Gasteiger partial charge in [-0.3, -0.25) is 9.59 Å². The van der Waals surface area contributed by atoms with Gasteiger partial charge in [-0.15, -0.1) is 0 Å². The lowest BCUT2D eigenvalue weighted by atomic mass is 10.1. The molecule has 2 amide bonds. The average molecular weight is 302 g/mol. The van der Waals surface area contributed by atoms with Crippen molar-refractivity contribution in [1.82, 2.24) is 15.5 Å². The third-order valence-electron chi connectivity index (χ3n) is 4.19. The Balaban J connectivity index is 1.64. The summed E-state index contributed by atoms with van der Waals surface area (Å²) in [5.74, 6) is -0.162. The van der Waals surface area contributed by atoms with Crippen LogP contribution in [-0.2, 0) is 16.0 Å². The lowest BCUT2D eigenvalue weighted by Crippen LogP contribution is -2.51. The smallest absolute Gasteiger partial charge is 0.246 e. The summed E-state index contributed by atoms with van der Waals surface area (Å²) in [4.78, 5) is 27.5. The second kappa shape index (κ2) is 6.89. The molecule has 2 N–H and O–H groups in total. The van der Waals surface area contributed by atoms with Gasteiger partial charge in [-0.2, -0.15) is 0 Å². The number of piperazine rings is 2. The summed E-state index contributed by atoms with van der Waals surface area (Å²) >= 11 is 0. The van der Waals surface area contributed by atoms with Crippen LogP contribution in [0.3, 0.4) is 0 Å². The molecule has 0 aliphatic carbocycles. The van der Waals surface area contributed by atoms with Crippen LogP contribution in [0.5, 0.6) is 0 Å². The van der Waals surface area contributed by atoms with Crippen molar-refractivity contribution in [2.45, 2.75) is 6.42 Å². The lowest BCUT2D eigenvalue weighted by molar-refractivity contribution is -0.128. The lowest BCUT2D eigenvalue weighted by Gasteiger charge is -2.28. The Bertz CT molecular complexity index is 555. The van der Waals surface area contributed by atoms with E-state index in [1.807, 2.05) is 18.2 Å². The molecule has 0 bridgehead atoms. The van der Waals surface area contributed by atoms with Crippen LogP contribution in [0.4, 0.5) is 5.69 Å². The third-order valence-corrected chi connectivity index (χ3v) is 4.19. The fourth-order valence-electron chi connectivity index (χ4n) is 2.89. The first-order valence-corrected chi connectivity index (χ1v) is 7.81. The van der Waals surface area contributed by atoms with E-state index in [2.05, 4.69) is 21.6 Å². The topological polar surface area (TPSA) is 64.7 Å². The van der Waals surface area contributed by atoms with E-state index >= 15 is 0 Å². The molecule has 0 spiro atoms.